The van der Waals surface area contributed by atoms with Gasteiger partial charge in [0.2, 0.25) is 0 Å². The maximum absolute atomic E-state index is 9.75. The molecule has 0 aromatic heterocycles. The first-order valence-corrected chi connectivity index (χ1v) is 9.40. The molecule has 2 aromatic carbocycles. The van der Waals surface area contributed by atoms with E-state index in [1.54, 1.807) is 24.3 Å². The number of phenolic OH excluding ortho intramolecular Hbond substituents is 2. The summed E-state index contributed by atoms with van der Waals surface area (Å²) in [5.74, 6) is 1.12. The van der Waals surface area contributed by atoms with Crippen LogP contribution in [0.4, 0.5) is 0 Å². The summed E-state index contributed by atoms with van der Waals surface area (Å²) in [7, 11) is 0. The fourth-order valence-corrected chi connectivity index (χ4v) is 3.67. The predicted octanol–water partition coefficient (Wildman–Crippen LogP) is 3.66. The minimum absolute atomic E-state index is 0.125. The third-order valence-corrected chi connectivity index (χ3v) is 4.97. The minimum atomic E-state index is 0.125. The van der Waals surface area contributed by atoms with Crippen LogP contribution in [0.2, 0.25) is 0 Å². The third kappa shape index (κ3) is 6.70. The van der Waals surface area contributed by atoms with Crippen LogP contribution in [0.15, 0.2) is 48.5 Å². The van der Waals surface area contributed by atoms with E-state index >= 15 is 0 Å². The molecular formula is C22H30O4. The lowest BCUT2D eigenvalue weighted by atomic mass is 9.78. The molecule has 0 saturated heterocycles. The number of hydrogen-bond donors (Lipinski definition) is 4. The van der Waals surface area contributed by atoms with Crippen molar-refractivity contribution < 1.29 is 20.4 Å². The van der Waals surface area contributed by atoms with E-state index in [2.05, 4.69) is 0 Å². The van der Waals surface area contributed by atoms with Crippen molar-refractivity contribution in [3.05, 3.63) is 59.7 Å². The molecule has 0 bridgehead atoms. The Morgan fingerprint density at radius 1 is 0.654 bits per heavy atom. The molecule has 0 fully saturated rings. The van der Waals surface area contributed by atoms with E-state index in [9.17, 15) is 15.3 Å². The van der Waals surface area contributed by atoms with Gasteiger partial charge in [0.15, 0.2) is 0 Å². The largest absolute Gasteiger partial charge is 0.508 e. The lowest BCUT2D eigenvalue weighted by molar-refractivity contribution is 0.203. The Morgan fingerprint density at radius 3 is 1.65 bits per heavy atom. The molecule has 0 radical (unpaired) electrons. The van der Waals surface area contributed by atoms with E-state index in [-0.39, 0.29) is 30.6 Å². The van der Waals surface area contributed by atoms with Gasteiger partial charge in [-0.2, -0.15) is 0 Å². The topological polar surface area (TPSA) is 80.9 Å². The molecule has 4 heteroatoms. The van der Waals surface area contributed by atoms with Gasteiger partial charge in [0.25, 0.3) is 0 Å². The molecule has 2 aromatic rings. The molecule has 0 unspecified atom stereocenters. The van der Waals surface area contributed by atoms with E-state index in [1.165, 1.54) is 0 Å². The first-order chi connectivity index (χ1) is 12.6. The van der Waals surface area contributed by atoms with E-state index in [1.807, 2.05) is 24.3 Å². The second-order valence-corrected chi connectivity index (χ2v) is 7.00. The van der Waals surface area contributed by atoms with Crippen LogP contribution in [-0.4, -0.2) is 33.6 Å². The molecule has 2 atom stereocenters. The summed E-state index contributed by atoms with van der Waals surface area (Å²) in [6.07, 6.45) is 4.97. The van der Waals surface area contributed by atoms with Gasteiger partial charge in [0.1, 0.15) is 11.5 Å². The van der Waals surface area contributed by atoms with Crippen molar-refractivity contribution in [2.75, 3.05) is 13.2 Å². The van der Waals surface area contributed by atoms with E-state index in [4.69, 9.17) is 5.11 Å². The third-order valence-electron chi connectivity index (χ3n) is 4.97. The van der Waals surface area contributed by atoms with Crippen LogP contribution in [0.25, 0.3) is 0 Å². The Morgan fingerprint density at radius 2 is 1.19 bits per heavy atom. The highest BCUT2D eigenvalue weighted by Gasteiger charge is 2.22. The maximum Gasteiger partial charge on any atom is 0.115 e. The fraction of sp³-hybridized carbons (Fsp3) is 0.455. The molecule has 4 nitrogen and oxygen atoms in total. The molecule has 0 heterocycles. The average molecular weight is 358 g/mol. The van der Waals surface area contributed by atoms with Crippen LogP contribution >= 0.6 is 0 Å². The highest BCUT2D eigenvalue weighted by molar-refractivity contribution is 5.29. The molecule has 0 amide bonds. The Labute approximate surface area is 155 Å². The Hall–Kier alpha value is -2.04. The second kappa shape index (κ2) is 10.8. The van der Waals surface area contributed by atoms with Gasteiger partial charge >= 0.3 is 0 Å². The predicted molar refractivity (Wildman–Crippen MR) is 103 cm³/mol. The SMILES string of the molecule is OCCCC[C@H](Cc1cccc(O)c1)[C@H](CCO)Cc1cccc(O)c1. The summed E-state index contributed by atoms with van der Waals surface area (Å²) in [5.41, 5.74) is 2.14. The second-order valence-electron chi connectivity index (χ2n) is 7.00. The van der Waals surface area contributed by atoms with Crippen molar-refractivity contribution in [1.29, 1.82) is 0 Å². The number of hydrogen-bond acceptors (Lipinski definition) is 4. The Bertz CT molecular complexity index is 656. The van der Waals surface area contributed by atoms with Crippen LogP contribution in [-0.2, 0) is 12.8 Å². The van der Waals surface area contributed by atoms with Crippen molar-refractivity contribution in [3.63, 3.8) is 0 Å². The van der Waals surface area contributed by atoms with Gasteiger partial charge < -0.3 is 20.4 Å². The number of aliphatic hydroxyl groups excluding tert-OH is 2. The summed E-state index contributed by atoms with van der Waals surface area (Å²) in [6.45, 7) is 0.316. The summed E-state index contributed by atoms with van der Waals surface area (Å²) in [5, 5.41) is 38.2. The molecule has 0 aliphatic carbocycles. The molecule has 2 rings (SSSR count). The van der Waals surface area contributed by atoms with Crippen LogP contribution in [0.5, 0.6) is 11.5 Å². The highest BCUT2D eigenvalue weighted by atomic mass is 16.3. The Balaban J connectivity index is 2.16. The van der Waals surface area contributed by atoms with Crippen LogP contribution in [0.1, 0.15) is 36.8 Å². The summed E-state index contributed by atoms with van der Waals surface area (Å²) >= 11 is 0. The smallest absolute Gasteiger partial charge is 0.115 e. The first kappa shape index (κ1) is 20.3. The van der Waals surface area contributed by atoms with Crippen molar-refractivity contribution >= 4 is 0 Å². The zero-order chi connectivity index (χ0) is 18.8. The quantitative estimate of drug-likeness (QED) is 0.462. The molecule has 0 aliphatic heterocycles. The van der Waals surface area contributed by atoms with Gasteiger partial charge in [-0.15, -0.1) is 0 Å². The van der Waals surface area contributed by atoms with Gasteiger partial charge in [0.05, 0.1) is 0 Å². The summed E-state index contributed by atoms with van der Waals surface area (Å²) in [4.78, 5) is 0. The lowest BCUT2D eigenvalue weighted by Crippen LogP contribution is -2.21. The van der Waals surface area contributed by atoms with E-state index in [0.717, 1.165) is 43.2 Å². The van der Waals surface area contributed by atoms with Gasteiger partial charge in [0, 0.05) is 13.2 Å². The molecule has 26 heavy (non-hydrogen) atoms. The average Bonchev–Trinajstić information content (AvgIpc) is 2.61. The normalized spacial score (nSPS) is 13.5. The molecule has 142 valence electrons. The molecule has 0 saturated carbocycles. The number of benzene rings is 2. The maximum atomic E-state index is 9.75. The Kier molecular flexibility index (Phi) is 8.45. The molecule has 0 aliphatic rings. The van der Waals surface area contributed by atoms with Gasteiger partial charge in [-0.05, 0) is 79.3 Å². The lowest BCUT2D eigenvalue weighted by Gasteiger charge is -2.27. The number of aliphatic hydroxyl groups is 2. The van der Waals surface area contributed by atoms with Crippen molar-refractivity contribution in [3.8, 4) is 11.5 Å². The van der Waals surface area contributed by atoms with Crippen LogP contribution in [0, 0.1) is 11.8 Å². The van der Waals surface area contributed by atoms with Crippen LogP contribution in [0.3, 0.4) is 0 Å². The monoisotopic (exact) mass is 358 g/mol. The number of aromatic hydroxyl groups is 2. The number of rotatable bonds is 11. The van der Waals surface area contributed by atoms with Gasteiger partial charge in [-0.3, -0.25) is 0 Å². The van der Waals surface area contributed by atoms with Crippen LogP contribution < -0.4 is 0 Å². The summed E-state index contributed by atoms with van der Waals surface area (Å²) < 4.78 is 0. The fourth-order valence-electron chi connectivity index (χ4n) is 3.67. The standard InChI is InChI=1S/C22H30O4/c23-11-2-1-7-19(13-17-5-3-8-21(25)15-17)20(10-12-24)14-18-6-4-9-22(26)16-18/h3-6,8-9,15-16,19-20,23-26H,1-2,7,10-14H2/t19-,20-/m1/s1. The van der Waals surface area contributed by atoms with Crippen molar-refractivity contribution in [2.24, 2.45) is 11.8 Å². The van der Waals surface area contributed by atoms with E-state index in [0.29, 0.717) is 12.3 Å². The highest BCUT2D eigenvalue weighted by Crippen LogP contribution is 2.30. The van der Waals surface area contributed by atoms with Gasteiger partial charge in [-0.1, -0.05) is 30.7 Å². The van der Waals surface area contributed by atoms with Crippen molar-refractivity contribution in [2.45, 2.75) is 38.5 Å². The number of unbranched alkanes of at least 4 members (excludes halogenated alkanes) is 1. The minimum Gasteiger partial charge on any atom is -0.508 e. The first-order valence-electron chi connectivity index (χ1n) is 9.40. The summed E-state index contributed by atoms with van der Waals surface area (Å²) in [6, 6.07) is 14.6. The molecule has 0 spiro atoms. The van der Waals surface area contributed by atoms with Crippen molar-refractivity contribution in [1.82, 2.24) is 0 Å². The molecule has 4 N–H and O–H groups in total. The zero-order valence-corrected chi connectivity index (χ0v) is 15.2. The van der Waals surface area contributed by atoms with E-state index < -0.39 is 0 Å². The number of phenols is 2. The zero-order valence-electron chi connectivity index (χ0n) is 15.2. The van der Waals surface area contributed by atoms with Gasteiger partial charge in [-0.25, -0.2) is 0 Å². The molecular weight excluding hydrogens is 328 g/mol.